The zero-order chi connectivity index (χ0) is 15.1. The first-order chi connectivity index (χ1) is 9.47. The molecule has 0 aliphatic heterocycles. The van der Waals surface area contributed by atoms with Gasteiger partial charge in [-0.2, -0.15) is 0 Å². The van der Waals surface area contributed by atoms with Crippen molar-refractivity contribution < 1.29 is 8.42 Å². The number of rotatable bonds is 8. The largest absolute Gasteiger partial charge is 0.356 e. The Balaban J connectivity index is 2.23. The van der Waals surface area contributed by atoms with Gasteiger partial charge >= 0.3 is 0 Å². The molecule has 0 amide bonds. The molecule has 0 aromatic heterocycles. The fourth-order valence-electron chi connectivity index (χ4n) is 2.31. The normalized spacial score (nSPS) is 18.4. The first kappa shape index (κ1) is 17.2. The molecule has 6 nitrogen and oxygen atoms in total. The SMILES string of the molecule is CCC1(CNC(=NC)NCCNS(=O)(=O)CC)CCC1. The van der Waals surface area contributed by atoms with E-state index in [0.717, 1.165) is 12.5 Å². The molecule has 0 aromatic rings. The van der Waals surface area contributed by atoms with Gasteiger partial charge in [0.25, 0.3) is 0 Å². The second kappa shape index (κ2) is 7.83. The first-order valence-corrected chi connectivity index (χ1v) is 9.04. The molecule has 1 saturated carbocycles. The lowest BCUT2D eigenvalue weighted by molar-refractivity contribution is 0.131. The van der Waals surface area contributed by atoms with Crippen molar-refractivity contribution >= 4 is 16.0 Å². The Morgan fingerprint density at radius 3 is 2.35 bits per heavy atom. The predicted octanol–water partition coefficient (Wildman–Crippen LogP) is 0.671. The zero-order valence-electron chi connectivity index (χ0n) is 12.8. The van der Waals surface area contributed by atoms with Gasteiger partial charge in [0, 0.05) is 26.7 Å². The predicted molar refractivity (Wildman–Crippen MR) is 83.4 cm³/mol. The van der Waals surface area contributed by atoms with Crippen molar-refractivity contribution in [2.75, 3.05) is 32.4 Å². The van der Waals surface area contributed by atoms with E-state index in [2.05, 4.69) is 27.3 Å². The van der Waals surface area contributed by atoms with E-state index >= 15 is 0 Å². The van der Waals surface area contributed by atoms with Crippen molar-refractivity contribution in [3.63, 3.8) is 0 Å². The van der Waals surface area contributed by atoms with Gasteiger partial charge in [-0.1, -0.05) is 13.3 Å². The molecule has 20 heavy (non-hydrogen) atoms. The maximum absolute atomic E-state index is 11.3. The highest BCUT2D eigenvalue weighted by Gasteiger charge is 2.34. The van der Waals surface area contributed by atoms with Crippen molar-refractivity contribution in [2.24, 2.45) is 10.4 Å². The fourth-order valence-corrected chi connectivity index (χ4v) is 2.93. The Morgan fingerprint density at radius 1 is 1.20 bits per heavy atom. The van der Waals surface area contributed by atoms with Gasteiger partial charge in [0.15, 0.2) is 5.96 Å². The third kappa shape index (κ3) is 5.28. The number of nitrogens with one attached hydrogen (secondary N) is 3. The van der Waals surface area contributed by atoms with Crippen LogP contribution in [0, 0.1) is 5.41 Å². The van der Waals surface area contributed by atoms with E-state index in [1.165, 1.54) is 25.7 Å². The highest BCUT2D eigenvalue weighted by atomic mass is 32.2. The molecule has 118 valence electrons. The minimum atomic E-state index is -3.11. The van der Waals surface area contributed by atoms with E-state index in [4.69, 9.17) is 0 Å². The highest BCUT2D eigenvalue weighted by molar-refractivity contribution is 7.89. The molecule has 0 saturated heterocycles. The third-order valence-electron chi connectivity index (χ3n) is 4.14. The topological polar surface area (TPSA) is 82.6 Å². The Labute approximate surface area is 122 Å². The molecule has 1 fully saturated rings. The van der Waals surface area contributed by atoms with Gasteiger partial charge in [-0.15, -0.1) is 0 Å². The Hall–Kier alpha value is -0.820. The summed E-state index contributed by atoms with van der Waals surface area (Å²) in [5.74, 6) is 0.847. The van der Waals surface area contributed by atoms with E-state index in [0.29, 0.717) is 18.5 Å². The quantitative estimate of drug-likeness (QED) is 0.350. The second-order valence-electron chi connectivity index (χ2n) is 5.36. The summed E-state index contributed by atoms with van der Waals surface area (Å²) in [6, 6.07) is 0. The van der Waals surface area contributed by atoms with Gasteiger partial charge in [-0.25, -0.2) is 13.1 Å². The van der Waals surface area contributed by atoms with E-state index in [1.54, 1.807) is 14.0 Å². The summed E-state index contributed by atoms with van der Waals surface area (Å²) in [7, 11) is -1.38. The van der Waals surface area contributed by atoms with Gasteiger partial charge in [0.2, 0.25) is 10.0 Å². The van der Waals surface area contributed by atoms with Crippen LogP contribution in [0.25, 0.3) is 0 Å². The standard InChI is InChI=1S/C13H28N4O2S/c1-4-13(7-6-8-13)11-16-12(14-3)15-9-10-17-20(18,19)5-2/h17H,4-11H2,1-3H3,(H2,14,15,16). The van der Waals surface area contributed by atoms with Crippen LogP contribution >= 0.6 is 0 Å². The molecule has 0 bridgehead atoms. The van der Waals surface area contributed by atoms with Crippen molar-refractivity contribution in [3.05, 3.63) is 0 Å². The Bertz CT molecular complexity index is 411. The molecule has 0 atom stereocenters. The van der Waals surface area contributed by atoms with Crippen LogP contribution < -0.4 is 15.4 Å². The summed E-state index contributed by atoms with van der Waals surface area (Å²) < 4.78 is 25.1. The average molecular weight is 304 g/mol. The molecule has 1 rings (SSSR count). The summed E-state index contributed by atoms with van der Waals surface area (Å²) in [4.78, 5) is 4.16. The molecule has 1 aliphatic rings. The van der Waals surface area contributed by atoms with Crippen LogP contribution in [0.4, 0.5) is 0 Å². The van der Waals surface area contributed by atoms with Crippen LogP contribution in [0.5, 0.6) is 0 Å². The van der Waals surface area contributed by atoms with E-state index in [1.807, 2.05) is 0 Å². The van der Waals surface area contributed by atoms with E-state index in [-0.39, 0.29) is 5.75 Å². The van der Waals surface area contributed by atoms with Crippen LogP contribution in [0.15, 0.2) is 4.99 Å². The molecule has 0 aromatic carbocycles. The summed E-state index contributed by atoms with van der Waals surface area (Å²) >= 11 is 0. The van der Waals surface area contributed by atoms with Gasteiger partial charge in [-0.05, 0) is 31.6 Å². The monoisotopic (exact) mass is 304 g/mol. The molecule has 7 heteroatoms. The molecule has 0 heterocycles. The maximum atomic E-state index is 11.3. The van der Waals surface area contributed by atoms with Gasteiger partial charge in [0.1, 0.15) is 0 Å². The van der Waals surface area contributed by atoms with Crippen molar-refractivity contribution in [3.8, 4) is 0 Å². The summed E-state index contributed by atoms with van der Waals surface area (Å²) in [5, 5.41) is 6.46. The van der Waals surface area contributed by atoms with Gasteiger partial charge < -0.3 is 10.6 Å². The van der Waals surface area contributed by atoms with Crippen LogP contribution in [-0.4, -0.2) is 46.8 Å². The molecule has 1 aliphatic carbocycles. The third-order valence-corrected chi connectivity index (χ3v) is 5.54. The molecule has 0 unspecified atom stereocenters. The summed E-state index contributed by atoms with van der Waals surface area (Å²) in [5.41, 5.74) is 0.432. The summed E-state index contributed by atoms with van der Waals surface area (Å²) in [6.07, 6.45) is 5.07. The van der Waals surface area contributed by atoms with Crippen LogP contribution in [0.2, 0.25) is 0 Å². The number of sulfonamides is 1. The minimum Gasteiger partial charge on any atom is -0.356 e. The molecule has 0 radical (unpaired) electrons. The molecular weight excluding hydrogens is 276 g/mol. The van der Waals surface area contributed by atoms with Crippen LogP contribution in [-0.2, 0) is 10.0 Å². The lowest BCUT2D eigenvalue weighted by Crippen LogP contribution is -2.47. The van der Waals surface area contributed by atoms with E-state index < -0.39 is 10.0 Å². The molecular formula is C13H28N4O2S. The summed E-state index contributed by atoms with van der Waals surface area (Å²) in [6.45, 7) is 5.69. The van der Waals surface area contributed by atoms with Crippen LogP contribution in [0.1, 0.15) is 39.5 Å². The van der Waals surface area contributed by atoms with Crippen LogP contribution in [0.3, 0.4) is 0 Å². The number of nitrogens with zero attached hydrogens (tertiary/aromatic N) is 1. The molecule has 3 N–H and O–H groups in total. The van der Waals surface area contributed by atoms with Crippen molar-refractivity contribution in [1.82, 2.24) is 15.4 Å². The van der Waals surface area contributed by atoms with Crippen molar-refractivity contribution in [2.45, 2.75) is 39.5 Å². The lowest BCUT2D eigenvalue weighted by atomic mass is 9.67. The maximum Gasteiger partial charge on any atom is 0.211 e. The molecule has 0 spiro atoms. The smallest absolute Gasteiger partial charge is 0.211 e. The van der Waals surface area contributed by atoms with E-state index in [9.17, 15) is 8.42 Å². The Morgan fingerprint density at radius 2 is 1.90 bits per heavy atom. The fraction of sp³-hybridized carbons (Fsp3) is 0.923. The van der Waals surface area contributed by atoms with Gasteiger partial charge in [0.05, 0.1) is 5.75 Å². The highest BCUT2D eigenvalue weighted by Crippen LogP contribution is 2.42. The minimum absolute atomic E-state index is 0.110. The number of aliphatic imine (C=N–C) groups is 1. The second-order valence-corrected chi connectivity index (χ2v) is 7.45. The number of hydrogen-bond acceptors (Lipinski definition) is 3. The average Bonchev–Trinajstić information content (AvgIpc) is 2.40. The van der Waals surface area contributed by atoms with Crippen molar-refractivity contribution in [1.29, 1.82) is 0 Å². The number of guanidine groups is 1. The number of hydrogen-bond donors (Lipinski definition) is 3. The zero-order valence-corrected chi connectivity index (χ0v) is 13.6. The lowest BCUT2D eigenvalue weighted by Gasteiger charge is -2.41. The Kier molecular flexibility index (Phi) is 6.75. The first-order valence-electron chi connectivity index (χ1n) is 7.39. The van der Waals surface area contributed by atoms with Gasteiger partial charge in [-0.3, -0.25) is 4.99 Å².